The van der Waals surface area contributed by atoms with Crippen LogP contribution in [0.25, 0.3) is 5.65 Å². The molecule has 0 aromatic carbocycles. The molecule has 0 aliphatic rings. The second-order valence-corrected chi connectivity index (χ2v) is 4.04. The molecule has 0 radical (unpaired) electrons. The Labute approximate surface area is 105 Å². The van der Waals surface area contributed by atoms with E-state index in [2.05, 4.69) is 11.1 Å². The first-order valence-electron chi connectivity index (χ1n) is 5.38. The van der Waals surface area contributed by atoms with Crippen molar-refractivity contribution >= 4 is 23.1 Å². The topological polar surface area (TPSA) is 44.3 Å². The van der Waals surface area contributed by atoms with E-state index >= 15 is 0 Å². The normalized spacial score (nSPS) is 10.4. The predicted molar refractivity (Wildman–Crippen MR) is 68.2 cm³/mol. The van der Waals surface area contributed by atoms with Crippen LogP contribution in [-0.4, -0.2) is 23.0 Å². The van der Waals surface area contributed by atoms with Crippen LogP contribution in [0.1, 0.15) is 12.1 Å². The summed E-state index contributed by atoms with van der Waals surface area (Å²) < 4.78 is 1.98. The highest BCUT2D eigenvalue weighted by Gasteiger charge is 2.14. The quantitative estimate of drug-likeness (QED) is 0.781. The third-order valence-electron chi connectivity index (χ3n) is 2.65. The maximum Gasteiger partial charge on any atom is 0.152 e. The Morgan fingerprint density at radius 2 is 2.35 bits per heavy atom. The first-order chi connectivity index (χ1) is 8.27. The standard InChI is InChI=1S/C12H13ClN4/c1-16(7-4-6-14)12-10(9-13)17-8-3-2-5-11(17)15-12/h2-3,5,8H,4,7,9H2,1H3. The summed E-state index contributed by atoms with van der Waals surface area (Å²) in [6.07, 6.45) is 2.42. The molecule has 0 fully saturated rings. The van der Waals surface area contributed by atoms with Crippen molar-refractivity contribution in [2.75, 3.05) is 18.5 Å². The first-order valence-corrected chi connectivity index (χ1v) is 5.91. The zero-order valence-electron chi connectivity index (χ0n) is 9.60. The van der Waals surface area contributed by atoms with Crippen molar-refractivity contribution in [3.05, 3.63) is 30.1 Å². The van der Waals surface area contributed by atoms with E-state index in [9.17, 15) is 0 Å². The minimum atomic E-state index is 0.400. The number of halogens is 1. The first kappa shape index (κ1) is 11.7. The number of nitrogens with zero attached hydrogens (tertiary/aromatic N) is 4. The molecular weight excluding hydrogens is 236 g/mol. The Morgan fingerprint density at radius 3 is 3.06 bits per heavy atom. The molecule has 0 bridgehead atoms. The maximum atomic E-state index is 8.60. The van der Waals surface area contributed by atoms with Crippen LogP contribution in [-0.2, 0) is 5.88 Å². The van der Waals surface area contributed by atoms with E-state index in [1.165, 1.54) is 0 Å². The lowest BCUT2D eigenvalue weighted by atomic mass is 10.4. The molecule has 5 heteroatoms. The van der Waals surface area contributed by atoms with Gasteiger partial charge in [0.15, 0.2) is 5.82 Å². The fourth-order valence-electron chi connectivity index (χ4n) is 1.79. The van der Waals surface area contributed by atoms with Crippen molar-refractivity contribution in [2.24, 2.45) is 0 Å². The van der Waals surface area contributed by atoms with Gasteiger partial charge in [0.25, 0.3) is 0 Å². The molecule has 2 aromatic rings. The Bertz CT molecular complexity index is 555. The molecular formula is C12H13ClN4. The van der Waals surface area contributed by atoms with Crippen LogP contribution in [0, 0.1) is 11.3 Å². The number of nitriles is 1. The third kappa shape index (κ3) is 2.20. The van der Waals surface area contributed by atoms with Gasteiger partial charge in [0.1, 0.15) is 5.65 Å². The SMILES string of the molecule is CN(CCC#N)c1nc2ccccn2c1CCl. The van der Waals surface area contributed by atoms with Gasteiger partial charge in [0, 0.05) is 19.8 Å². The molecule has 0 spiro atoms. The average molecular weight is 249 g/mol. The zero-order valence-corrected chi connectivity index (χ0v) is 10.4. The predicted octanol–water partition coefficient (Wildman–Crippen LogP) is 2.42. The van der Waals surface area contributed by atoms with Crippen molar-refractivity contribution in [1.82, 2.24) is 9.38 Å². The number of hydrogen-bond donors (Lipinski definition) is 0. The average Bonchev–Trinajstić information content (AvgIpc) is 2.74. The molecule has 0 saturated heterocycles. The maximum absolute atomic E-state index is 8.60. The number of imidazole rings is 1. The van der Waals surface area contributed by atoms with Gasteiger partial charge in [-0.2, -0.15) is 5.26 Å². The van der Waals surface area contributed by atoms with Crippen LogP contribution < -0.4 is 4.90 Å². The summed E-state index contributed by atoms with van der Waals surface area (Å²) in [4.78, 5) is 6.50. The number of anilines is 1. The summed E-state index contributed by atoms with van der Waals surface area (Å²) in [5.41, 5.74) is 1.84. The van der Waals surface area contributed by atoms with E-state index < -0.39 is 0 Å². The number of fused-ring (bicyclic) bond motifs is 1. The van der Waals surface area contributed by atoms with E-state index in [-0.39, 0.29) is 0 Å². The molecule has 0 atom stereocenters. The van der Waals surface area contributed by atoms with Crippen molar-refractivity contribution in [3.8, 4) is 6.07 Å². The summed E-state index contributed by atoms with van der Waals surface area (Å²) in [5, 5.41) is 8.60. The monoisotopic (exact) mass is 248 g/mol. The van der Waals surface area contributed by atoms with E-state index in [1.807, 2.05) is 40.7 Å². The molecule has 2 aromatic heterocycles. The van der Waals surface area contributed by atoms with Gasteiger partial charge in [0.2, 0.25) is 0 Å². The molecule has 0 N–H and O–H groups in total. The second kappa shape index (κ2) is 5.07. The molecule has 0 aliphatic carbocycles. The van der Waals surface area contributed by atoms with Crippen LogP contribution in [0.3, 0.4) is 0 Å². The molecule has 2 rings (SSSR count). The zero-order chi connectivity index (χ0) is 12.3. The Morgan fingerprint density at radius 1 is 1.53 bits per heavy atom. The van der Waals surface area contributed by atoms with E-state index in [0.717, 1.165) is 17.2 Å². The van der Waals surface area contributed by atoms with E-state index in [1.54, 1.807) is 0 Å². The van der Waals surface area contributed by atoms with Gasteiger partial charge in [-0.05, 0) is 12.1 Å². The van der Waals surface area contributed by atoms with Gasteiger partial charge in [-0.15, -0.1) is 11.6 Å². The summed E-state index contributed by atoms with van der Waals surface area (Å²) in [6, 6.07) is 7.96. The van der Waals surface area contributed by atoms with Gasteiger partial charge in [-0.25, -0.2) is 4.98 Å². The molecule has 0 saturated carbocycles. The lowest BCUT2D eigenvalue weighted by Gasteiger charge is -2.15. The van der Waals surface area contributed by atoms with Gasteiger partial charge in [-0.1, -0.05) is 6.07 Å². The summed E-state index contributed by atoms with van der Waals surface area (Å²) in [5.74, 6) is 1.25. The summed E-state index contributed by atoms with van der Waals surface area (Å²) >= 11 is 5.98. The number of hydrogen-bond acceptors (Lipinski definition) is 3. The van der Waals surface area contributed by atoms with Crippen molar-refractivity contribution in [1.29, 1.82) is 5.26 Å². The van der Waals surface area contributed by atoms with Crippen LogP contribution in [0.2, 0.25) is 0 Å². The van der Waals surface area contributed by atoms with E-state index in [0.29, 0.717) is 18.8 Å². The van der Waals surface area contributed by atoms with E-state index in [4.69, 9.17) is 16.9 Å². The molecule has 0 unspecified atom stereocenters. The van der Waals surface area contributed by atoms with Crippen LogP contribution in [0.5, 0.6) is 0 Å². The lowest BCUT2D eigenvalue weighted by Crippen LogP contribution is -2.19. The minimum Gasteiger partial charge on any atom is -0.357 e. The Balaban J connectivity index is 2.43. The highest BCUT2D eigenvalue weighted by Crippen LogP contribution is 2.22. The molecule has 4 nitrogen and oxygen atoms in total. The van der Waals surface area contributed by atoms with Gasteiger partial charge in [-0.3, -0.25) is 0 Å². The highest BCUT2D eigenvalue weighted by atomic mass is 35.5. The van der Waals surface area contributed by atoms with Crippen molar-refractivity contribution in [2.45, 2.75) is 12.3 Å². The summed E-state index contributed by atoms with van der Waals surface area (Å²) in [7, 11) is 1.93. The number of alkyl halides is 1. The van der Waals surface area contributed by atoms with Crippen molar-refractivity contribution < 1.29 is 0 Å². The Hall–Kier alpha value is -1.73. The largest absolute Gasteiger partial charge is 0.357 e. The second-order valence-electron chi connectivity index (χ2n) is 3.77. The van der Waals surface area contributed by atoms with Gasteiger partial charge in [0.05, 0.1) is 24.1 Å². The minimum absolute atomic E-state index is 0.400. The van der Waals surface area contributed by atoms with Crippen LogP contribution in [0.4, 0.5) is 5.82 Å². The van der Waals surface area contributed by atoms with Crippen molar-refractivity contribution in [3.63, 3.8) is 0 Å². The molecule has 0 amide bonds. The number of aromatic nitrogens is 2. The number of pyridine rings is 1. The molecule has 88 valence electrons. The summed E-state index contributed by atoms with van der Waals surface area (Å²) in [6.45, 7) is 0.657. The van der Waals surface area contributed by atoms with Crippen LogP contribution >= 0.6 is 11.6 Å². The molecule has 0 aliphatic heterocycles. The van der Waals surface area contributed by atoms with Crippen LogP contribution in [0.15, 0.2) is 24.4 Å². The third-order valence-corrected chi connectivity index (χ3v) is 2.91. The molecule has 2 heterocycles. The highest BCUT2D eigenvalue weighted by molar-refractivity contribution is 6.17. The smallest absolute Gasteiger partial charge is 0.152 e. The van der Waals surface area contributed by atoms with Gasteiger partial charge >= 0.3 is 0 Å². The lowest BCUT2D eigenvalue weighted by molar-refractivity contribution is 0.882. The Kier molecular flexibility index (Phi) is 3.50. The fraction of sp³-hybridized carbons (Fsp3) is 0.333. The molecule has 17 heavy (non-hydrogen) atoms. The number of rotatable bonds is 4. The van der Waals surface area contributed by atoms with Gasteiger partial charge < -0.3 is 9.30 Å². The fourth-order valence-corrected chi connectivity index (χ4v) is 2.04.